The predicted molar refractivity (Wildman–Crippen MR) is 89.5 cm³/mol. The number of carboxylic acids is 1. The number of aliphatic carboxylic acids is 1. The van der Waals surface area contributed by atoms with Gasteiger partial charge in [-0.3, -0.25) is 9.59 Å². The molecule has 1 aromatic rings. The first-order valence-electron chi connectivity index (χ1n) is 9.06. The van der Waals surface area contributed by atoms with E-state index in [4.69, 9.17) is 4.42 Å². The van der Waals surface area contributed by atoms with Crippen molar-refractivity contribution in [3.05, 3.63) is 23.7 Å². The molecule has 1 saturated heterocycles. The van der Waals surface area contributed by atoms with Crippen LogP contribution in [-0.2, 0) is 16.0 Å². The summed E-state index contributed by atoms with van der Waals surface area (Å²) in [6.45, 7) is 4.92. The largest absolute Gasteiger partial charge is 0.481 e. The fraction of sp³-hybridized carbons (Fsp3) is 0.684. The summed E-state index contributed by atoms with van der Waals surface area (Å²) in [6.07, 6.45) is 4.92. The minimum Gasteiger partial charge on any atom is -0.481 e. The highest BCUT2D eigenvalue weighted by atomic mass is 16.4. The van der Waals surface area contributed by atoms with Crippen LogP contribution in [0.25, 0.3) is 0 Å². The molecule has 2 unspecified atom stereocenters. The summed E-state index contributed by atoms with van der Waals surface area (Å²) in [5, 5.41) is 9.50. The number of likely N-dealkylation sites (tertiary alicyclic amines) is 1. The molecular formula is C19H27NO4. The van der Waals surface area contributed by atoms with E-state index in [1.807, 2.05) is 24.0 Å². The average molecular weight is 333 g/mol. The minimum absolute atomic E-state index is 0.0385. The highest BCUT2D eigenvalue weighted by Gasteiger charge is 2.47. The molecule has 2 atom stereocenters. The monoisotopic (exact) mass is 333 g/mol. The van der Waals surface area contributed by atoms with Gasteiger partial charge in [-0.2, -0.15) is 0 Å². The summed E-state index contributed by atoms with van der Waals surface area (Å²) in [7, 11) is 0. The third kappa shape index (κ3) is 3.08. The standard InChI is InChI=1S/C19H27NO4/c1-3-14-5-6-16(24-14)15-11-13(2)7-10-20(15)17(21)12-19(18(22)23)8-4-9-19/h5-6,13,15H,3-4,7-12H2,1-2H3,(H,22,23). The van der Waals surface area contributed by atoms with Gasteiger partial charge < -0.3 is 14.4 Å². The maximum atomic E-state index is 12.9. The lowest BCUT2D eigenvalue weighted by Gasteiger charge is -2.42. The van der Waals surface area contributed by atoms with Crippen molar-refractivity contribution in [2.75, 3.05) is 6.54 Å². The molecule has 2 heterocycles. The number of piperidine rings is 1. The Balaban J connectivity index is 1.78. The fourth-order valence-electron chi connectivity index (χ4n) is 3.93. The predicted octanol–water partition coefficient (Wildman–Crippen LogP) is 3.79. The van der Waals surface area contributed by atoms with Crippen LogP contribution in [0.4, 0.5) is 0 Å². The van der Waals surface area contributed by atoms with Crippen LogP contribution < -0.4 is 0 Å². The van der Waals surface area contributed by atoms with Crippen molar-refractivity contribution in [2.24, 2.45) is 11.3 Å². The maximum Gasteiger partial charge on any atom is 0.310 e. The molecule has 0 spiro atoms. The Hall–Kier alpha value is -1.78. The first kappa shape index (κ1) is 17.1. The molecule has 1 aliphatic heterocycles. The highest BCUT2D eigenvalue weighted by Crippen LogP contribution is 2.46. The quantitative estimate of drug-likeness (QED) is 0.890. The second-order valence-corrected chi connectivity index (χ2v) is 7.51. The zero-order chi connectivity index (χ0) is 17.3. The van der Waals surface area contributed by atoms with Crippen molar-refractivity contribution in [1.82, 2.24) is 4.90 Å². The molecule has 1 amide bonds. The van der Waals surface area contributed by atoms with Crippen LogP contribution in [0.1, 0.15) is 69.9 Å². The number of carboxylic acid groups (broad SMARTS) is 1. The molecule has 0 bridgehead atoms. The maximum absolute atomic E-state index is 12.9. The smallest absolute Gasteiger partial charge is 0.310 e. The summed E-state index contributed by atoms with van der Waals surface area (Å²) < 4.78 is 5.91. The van der Waals surface area contributed by atoms with E-state index in [9.17, 15) is 14.7 Å². The number of nitrogens with zero attached hydrogens (tertiary/aromatic N) is 1. The lowest BCUT2D eigenvalue weighted by atomic mass is 9.66. The third-order valence-electron chi connectivity index (χ3n) is 5.80. The van der Waals surface area contributed by atoms with Gasteiger partial charge >= 0.3 is 5.97 Å². The number of carbonyl (C=O) groups is 2. The number of rotatable bonds is 5. The molecular weight excluding hydrogens is 306 g/mol. The van der Waals surface area contributed by atoms with Crippen molar-refractivity contribution in [1.29, 1.82) is 0 Å². The molecule has 0 aromatic carbocycles. The van der Waals surface area contributed by atoms with Gasteiger partial charge in [-0.25, -0.2) is 0 Å². The summed E-state index contributed by atoms with van der Waals surface area (Å²) >= 11 is 0. The van der Waals surface area contributed by atoms with E-state index in [0.717, 1.165) is 37.2 Å². The van der Waals surface area contributed by atoms with E-state index in [-0.39, 0.29) is 18.4 Å². The third-order valence-corrected chi connectivity index (χ3v) is 5.80. The Labute approximate surface area is 143 Å². The second-order valence-electron chi connectivity index (χ2n) is 7.51. The minimum atomic E-state index is -0.831. The molecule has 1 saturated carbocycles. The Kier molecular flexibility index (Phi) is 4.70. The van der Waals surface area contributed by atoms with Gasteiger partial charge in [-0.1, -0.05) is 20.3 Å². The molecule has 1 N–H and O–H groups in total. The Morgan fingerprint density at radius 2 is 2.12 bits per heavy atom. The van der Waals surface area contributed by atoms with Crippen LogP contribution in [0.5, 0.6) is 0 Å². The van der Waals surface area contributed by atoms with Crippen LogP contribution in [-0.4, -0.2) is 28.4 Å². The van der Waals surface area contributed by atoms with Crippen molar-refractivity contribution >= 4 is 11.9 Å². The number of carbonyl (C=O) groups excluding carboxylic acids is 1. The van der Waals surface area contributed by atoms with Gasteiger partial charge in [0.2, 0.25) is 5.91 Å². The van der Waals surface area contributed by atoms with Gasteiger partial charge in [0.15, 0.2) is 0 Å². The number of aryl methyl sites for hydroxylation is 1. The lowest BCUT2D eigenvalue weighted by Crippen LogP contribution is -2.46. The molecule has 1 aromatic heterocycles. The van der Waals surface area contributed by atoms with E-state index >= 15 is 0 Å². The molecule has 3 rings (SSSR count). The van der Waals surface area contributed by atoms with Gasteiger partial charge in [-0.05, 0) is 43.7 Å². The first-order chi connectivity index (χ1) is 11.4. The van der Waals surface area contributed by atoms with Crippen molar-refractivity contribution < 1.29 is 19.1 Å². The van der Waals surface area contributed by atoms with Crippen LogP contribution in [0.3, 0.4) is 0 Å². The Morgan fingerprint density at radius 3 is 2.67 bits per heavy atom. The van der Waals surface area contributed by atoms with Gasteiger partial charge in [0.25, 0.3) is 0 Å². The summed E-state index contributed by atoms with van der Waals surface area (Å²) in [5.41, 5.74) is -0.831. The molecule has 5 heteroatoms. The number of hydrogen-bond acceptors (Lipinski definition) is 3. The molecule has 132 valence electrons. The highest BCUT2D eigenvalue weighted by molar-refractivity contribution is 5.86. The van der Waals surface area contributed by atoms with E-state index in [0.29, 0.717) is 25.3 Å². The fourth-order valence-corrected chi connectivity index (χ4v) is 3.93. The SMILES string of the molecule is CCc1ccc(C2CC(C)CCN2C(=O)CC2(C(=O)O)CCC2)o1. The zero-order valence-corrected chi connectivity index (χ0v) is 14.6. The Bertz CT molecular complexity index is 617. The Morgan fingerprint density at radius 1 is 1.38 bits per heavy atom. The molecule has 5 nitrogen and oxygen atoms in total. The van der Waals surface area contributed by atoms with Crippen LogP contribution in [0.15, 0.2) is 16.5 Å². The van der Waals surface area contributed by atoms with E-state index in [2.05, 4.69) is 6.92 Å². The van der Waals surface area contributed by atoms with Gasteiger partial charge in [0, 0.05) is 19.4 Å². The molecule has 1 aliphatic carbocycles. The van der Waals surface area contributed by atoms with Crippen LogP contribution >= 0.6 is 0 Å². The molecule has 2 fully saturated rings. The second kappa shape index (κ2) is 6.61. The number of furan rings is 1. The van der Waals surface area contributed by atoms with Crippen molar-refractivity contribution in [3.8, 4) is 0 Å². The van der Waals surface area contributed by atoms with Crippen LogP contribution in [0, 0.1) is 11.3 Å². The summed E-state index contributed by atoms with van der Waals surface area (Å²) in [4.78, 5) is 26.3. The molecule has 0 radical (unpaired) electrons. The van der Waals surface area contributed by atoms with Gasteiger partial charge in [0.05, 0.1) is 11.5 Å². The van der Waals surface area contributed by atoms with E-state index in [1.54, 1.807) is 0 Å². The van der Waals surface area contributed by atoms with E-state index < -0.39 is 11.4 Å². The van der Waals surface area contributed by atoms with Crippen LogP contribution in [0.2, 0.25) is 0 Å². The topological polar surface area (TPSA) is 70.8 Å². The van der Waals surface area contributed by atoms with Gasteiger partial charge in [-0.15, -0.1) is 0 Å². The summed E-state index contributed by atoms with van der Waals surface area (Å²) in [5.74, 6) is 1.44. The number of hydrogen-bond donors (Lipinski definition) is 1. The van der Waals surface area contributed by atoms with E-state index in [1.165, 1.54) is 0 Å². The summed E-state index contributed by atoms with van der Waals surface area (Å²) in [6, 6.07) is 3.88. The van der Waals surface area contributed by atoms with Crippen molar-refractivity contribution in [2.45, 2.75) is 64.8 Å². The first-order valence-corrected chi connectivity index (χ1v) is 9.06. The molecule has 2 aliphatic rings. The van der Waals surface area contributed by atoms with Gasteiger partial charge in [0.1, 0.15) is 11.5 Å². The molecule has 24 heavy (non-hydrogen) atoms. The number of amides is 1. The zero-order valence-electron chi connectivity index (χ0n) is 14.6. The lowest BCUT2D eigenvalue weighted by molar-refractivity contribution is -0.160. The van der Waals surface area contributed by atoms with Crippen molar-refractivity contribution in [3.63, 3.8) is 0 Å². The average Bonchev–Trinajstić information content (AvgIpc) is 2.99. The normalized spacial score (nSPS) is 26.0.